The van der Waals surface area contributed by atoms with Crippen LogP contribution in [0.4, 0.5) is 17.6 Å². The number of pyridine rings is 1. The summed E-state index contributed by atoms with van der Waals surface area (Å²) in [6, 6.07) is 1.86. The van der Waals surface area contributed by atoms with E-state index in [-0.39, 0.29) is 17.0 Å². The van der Waals surface area contributed by atoms with Crippen molar-refractivity contribution in [2.45, 2.75) is 25.7 Å². The third-order valence-electron chi connectivity index (χ3n) is 3.89. The van der Waals surface area contributed by atoms with Crippen molar-refractivity contribution in [2.24, 2.45) is 5.73 Å². The minimum Gasteiger partial charge on any atom is -0.366 e. The van der Waals surface area contributed by atoms with Crippen LogP contribution in [0.25, 0.3) is 23.2 Å². The highest BCUT2D eigenvalue weighted by Gasteiger charge is 2.35. The van der Waals surface area contributed by atoms with Crippen LogP contribution in [0.3, 0.4) is 0 Å². The third kappa shape index (κ3) is 4.64. The first-order valence-electron chi connectivity index (χ1n) is 8.42. The predicted octanol–water partition coefficient (Wildman–Crippen LogP) is 2.84. The average molecular weight is 421 g/mol. The zero-order valence-corrected chi connectivity index (χ0v) is 15.7. The second kappa shape index (κ2) is 7.61. The van der Waals surface area contributed by atoms with Crippen molar-refractivity contribution < 1.29 is 22.4 Å². The van der Waals surface area contributed by atoms with Gasteiger partial charge in [-0.15, -0.1) is 5.10 Å². The van der Waals surface area contributed by atoms with E-state index in [2.05, 4.69) is 25.0 Å². The Kier molecular flexibility index (Phi) is 5.33. The van der Waals surface area contributed by atoms with Crippen LogP contribution in [0.15, 0.2) is 37.2 Å². The number of hydrogen-bond acceptors (Lipinski definition) is 6. The van der Waals surface area contributed by atoms with Crippen molar-refractivity contribution in [3.8, 4) is 11.4 Å². The molecule has 3 aromatic heterocycles. The Balaban J connectivity index is 2.06. The Morgan fingerprint density at radius 2 is 1.73 bits per heavy atom. The lowest BCUT2D eigenvalue weighted by atomic mass is 10.0. The standard InChI is InChI=1S/C18H15F4N7O/c1-17(2,19)13-3-10(4-14(27-13)18(20,21)22)16-26-9-29(28-16)7-12(15(23)30)11-5-24-8-25-6-11/h3-9H,1-2H3,(H2,23,30)/b12-7+. The lowest BCUT2D eigenvalue weighted by Gasteiger charge is -2.16. The van der Waals surface area contributed by atoms with Crippen LogP contribution < -0.4 is 5.73 Å². The lowest BCUT2D eigenvalue weighted by Crippen LogP contribution is -2.17. The smallest absolute Gasteiger partial charge is 0.366 e. The molecule has 3 aromatic rings. The van der Waals surface area contributed by atoms with Gasteiger partial charge in [0.05, 0.1) is 11.3 Å². The Labute approximate surface area is 167 Å². The van der Waals surface area contributed by atoms with Crippen LogP contribution >= 0.6 is 0 Å². The second-order valence-electron chi connectivity index (χ2n) is 6.68. The SMILES string of the molecule is CC(C)(F)c1cc(-c2ncn(/C=C(/C(N)=O)c3cncnc3)n2)cc(C(F)(F)F)n1. The number of carbonyl (C=O) groups excluding carboxylic acids is 1. The summed E-state index contributed by atoms with van der Waals surface area (Å²) in [6.07, 6.45) is 1.58. The lowest BCUT2D eigenvalue weighted by molar-refractivity contribution is -0.141. The van der Waals surface area contributed by atoms with Crippen LogP contribution in [0.1, 0.15) is 30.8 Å². The Bertz CT molecular complexity index is 1070. The van der Waals surface area contributed by atoms with E-state index in [1.165, 1.54) is 24.9 Å². The van der Waals surface area contributed by atoms with Gasteiger partial charge in [0.25, 0.3) is 5.91 Å². The van der Waals surface area contributed by atoms with E-state index in [1.807, 2.05) is 0 Å². The molecule has 0 atom stereocenters. The van der Waals surface area contributed by atoms with E-state index in [0.29, 0.717) is 5.56 Å². The van der Waals surface area contributed by atoms with Crippen LogP contribution in [0.2, 0.25) is 0 Å². The summed E-state index contributed by atoms with van der Waals surface area (Å²) in [5.41, 5.74) is 1.79. The summed E-state index contributed by atoms with van der Waals surface area (Å²) in [6.45, 7) is 2.18. The summed E-state index contributed by atoms with van der Waals surface area (Å²) in [7, 11) is 0. The molecule has 0 bridgehead atoms. The highest BCUT2D eigenvalue weighted by Crippen LogP contribution is 2.34. The molecule has 12 heteroatoms. The molecule has 3 rings (SSSR count). The van der Waals surface area contributed by atoms with Gasteiger partial charge < -0.3 is 5.73 Å². The summed E-state index contributed by atoms with van der Waals surface area (Å²) >= 11 is 0. The molecule has 8 nitrogen and oxygen atoms in total. The first-order valence-corrected chi connectivity index (χ1v) is 8.42. The number of primary amides is 1. The molecule has 156 valence electrons. The quantitative estimate of drug-likeness (QED) is 0.501. The Hall–Kier alpha value is -3.70. The van der Waals surface area contributed by atoms with Gasteiger partial charge in [0.15, 0.2) is 5.82 Å². The topological polar surface area (TPSA) is 112 Å². The molecule has 0 unspecified atom stereocenters. The van der Waals surface area contributed by atoms with Crippen LogP contribution in [-0.4, -0.2) is 35.6 Å². The summed E-state index contributed by atoms with van der Waals surface area (Å²) in [4.78, 5) is 26.7. The maximum Gasteiger partial charge on any atom is 0.433 e. The molecule has 0 saturated heterocycles. The normalized spacial score (nSPS) is 12.8. The van der Waals surface area contributed by atoms with Crippen LogP contribution in [-0.2, 0) is 16.6 Å². The fraction of sp³-hybridized carbons (Fsp3) is 0.222. The molecule has 3 heterocycles. The average Bonchev–Trinajstić information content (AvgIpc) is 3.13. The summed E-state index contributed by atoms with van der Waals surface area (Å²) < 4.78 is 55.0. The third-order valence-corrected chi connectivity index (χ3v) is 3.89. The maximum absolute atomic E-state index is 14.3. The van der Waals surface area contributed by atoms with E-state index < -0.39 is 29.1 Å². The van der Waals surface area contributed by atoms with Gasteiger partial charge in [0.2, 0.25) is 0 Å². The molecule has 0 spiro atoms. The minimum absolute atomic E-state index is 0.00309. The molecule has 0 saturated carbocycles. The molecule has 0 aliphatic rings. The molecular formula is C18H15F4N7O. The molecule has 1 amide bonds. The molecule has 30 heavy (non-hydrogen) atoms. The molecular weight excluding hydrogens is 406 g/mol. The number of alkyl halides is 4. The van der Waals surface area contributed by atoms with Gasteiger partial charge in [-0.3, -0.25) is 4.79 Å². The predicted molar refractivity (Wildman–Crippen MR) is 97.8 cm³/mol. The van der Waals surface area contributed by atoms with Crippen molar-refractivity contribution in [1.82, 2.24) is 29.7 Å². The number of aromatic nitrogens is 6. The van der Waals surface area contributed by atoms with Gasteiger partial charge in [-0.25, -0.2) is 29.0 Å². The van der Waals surface area contributed by atoms with E-state index in [0.717, 1.165) is 37.0 Å². The zero-order valence-electron chi connectivity index (χ0n) is 15.7. The van der Waals surface area contributed by atoms with E-state index in [4.69, 9.17) is 5.73 Å². The largest absolute Gasteiger partial charge is 0.433 e. The maximum atomic E-state index is 14.3. The van der Waals surface area contributed by atoms with Crippen molar-refractivity contribution in [3.05, 3.63) is 54.1 Å². The second-order valence-corrected chi connectivity index (χ2v) is 6.68. The fourth-order valence-corrected chi connectivity index (χ4v) is 2.43. The summed E-state index contributed by atoms with van der Waals surface area (Å²) in [5.74, 6) is -0.927. The van der Waals surface area contributed by atoms with E-state index in [1.54, 1.807) is 0 Å². The van der Waals surface area contributed by atoms with Gasteiger partial charge in [-0.1, -0.05) is 0 Å². The number of nitrogens with zero attached hydrogens (tertiary/aromatic N) is 6. The monoisotopic (exact) mass is 421 g/mol. The van der Waals surface area contributed by atoms with Gasteiger partial charge in [0, 0.05) is 29.7 Å². The van der Waals surface area contributed by atoms with Crippen LogP contribution in [0, 0.1) is 0 Å². The van der Waals surface area contributed by atoms with Crippen molar-refractivity contribution in [1.29, 1.82) is 0 Å². The van der Waals surface area contributed by atoms with E-state index in [9.17, 15) is 22.4 Å². The number of carbonyl (C=O) groups is 1. The van der Waals surface area contributed by atoms with Gasteiger partial charge in [-0.2, -0.15) is 13.2 Å². The number of nitrogens with two attached hydrogens (primary N) is 1. The zero-order chi connectivity index (χ0) is 22.1. The number of amides is 1. The Morgan fingerprint density at radius 1 is 1.10 bits per heavy atom. The Morgan fingerprint density at radius 3 is 2.30 bits per heavy atom. The van der Waals surface area contributed by atoms with Gasteiger partial charge in [-0.05, 0) is 26.0 Å². The van der Waals surface area contributed by atoms with Crippen molar-refractivity contribution >= 4 is 17.7 Å². The molecule has 0 aliphatic carbocycles. The molecule has 0 radical (unpaired) electrons. The highest BCUT2D eigenvalue weighted by molar-refractivity contribution is 6.22. The van der Waals surface area contributed by atoms with Crippen molar-refractivity contribution in [2.75, 3.05) is 0 Å². The number of rotatable bonds is 5. The number of halogens is 4. The fourth-order valence-electron chi connectivity index (χ4n) is 2.43. The molecule has 2 N–H and O–H groups in total. The van der Waals surface area contributed by atoms with Crippen LogP contribution in [0.5, 0.6) is 0 Å². The van der Waals surface area contributed by atoms with Gasteiger partial charge in [0.1, 0.15) is 24.0 Å². The molecule has 0 aromatic carbocycles. The minimum atomic E-state index is -4.79. The summed E-state index contributed by atoms with van der Waals surface area (Å²) in [5, 5.41) is 4.04. The number of hydrogen-bond donors (Lipinski definition) is 1. The molecule has 0 fully saturated rings. The first-order chi connectivity index (χ1) is 13.9. The van der Waals surface area contributed by atoms with E-state index >= 15 is 0 Å². The first kappa shape index (κ1) is 21.0. The van der Waals surface area contributed by atoms with Gasteiger partial charge >= 0.3 is 6.18 Å². The highest BCUT2D eigenvalue weighted by atomic mass is 19.4. The molecule has 0 aliphatic heterocycles. The van der Waals surface area contributed by atoms with Crippen molar-refractivity contribution in [3.63, 3.8) is 0 Å².